The molecule has 0 atom stereocenters. The second kappa shape index (κ2) is 51.8. The van der Waals surface area contributed by atoms with Crippen LogP contribution < -0.4 is 14.2 Å². The van der Waals surface area contributed by atoms with Crippen molar-refractivity contribution < 1.29 is 112 Å². The molecule has 660 valence electrons. The molecule has 4 heterocycles. The predicted molar refractivity (Wildman–Crippen MR) is 507 cm³/mol. The Morgan fingerprint density at radius 1 is 0.212 bits per heavy atom. The first kappa shape index (κ1) is 98.3. The number of hydrogen-bond acceptors (Lipinski definition) is 27. The Balaban J connectivity index is 0.000000231. The molecular weight excluding hydrogens is 1780 g/mol. The number of ether oxygens (including phenoxy) is 3. The first-order valence-electron chi connectivity index (χ1n) is 40.6. The van der Waals surface area contributed by atoms with Gasteiger partial charge in [0.05, 0.1) is 58.9 Å². The zero-order chi connectivity index (χ0) is 89.6. The van der Waals surface area contributed by atoms with Crippen molar-refractivity contribution in [2.75, 3.05) is 39.3 Å². The molecule has 0 radical (unpaired) electrons. The summed E-state index contributed by atoms with van der Waals surface area (Å²) in [6, 6.07) is 85.4. The standard InChI is InChI=1S/C54H39N9O6.3C16H16N2O2.3Cr/c64-46-22-13-37(43-4-1-25-58-49(43)46)31-55-28-34-7-16-40(17-8-34)67-52-61-53(68-41-18-9-35(10-19-41)29-56-32-38-14-23-47(65)50-44(38)5-2-26-59-50)63-54(62-52)69-42-20-11-36(12-21-42)30-57-33-39-15-24-48(66)51-45(39)6-3-27-60-51;3*19-15-7-3-1-5-13(15)11-17-9-10-18-12-14-6-2-4-8-16(14)20;;;/h1-30,64-66H,31-33H2;3*1-8,11-12,19-20H,9-10H2;;;. The van der Waals surface area contributed by atoms with Crippen molar-refractivity contribution in [1.82, 2.24) is 29.9 Å². The van der Waals surface area contributed by atoms with Crippen molar-refractivity contribution in [1.29, 1.82) is 0 Å². The normalized spacial score (nSPS) is 11.3. The van der Waals surface area contributed by atoms with Crippen LogP contribution in [0.25, 0.3) is 32.7 Å². The molecular formula is C102H87Cr3N15O12. The second-order valence-electron chi connectivity index (χ2n) is 28.1. The van der Waals surface area contributed by atoms with Gasteiger partial charge in [-0.3, -0.25) is 59.9 Å². The Labute approximate surface area is 792 Å². The number of phenols is 9. The van der Waals surface area contributed by atoms with Gasteiger partial charge in [-0.2, -0.15) is 0 Å². The number of rotatable bonds is 30. The van der Waals surface area contributed by atoms with Crippen LogP contribution >= 0.6 is 0 Å². The second-order valence-corrected chi connectivity index (χ2v) is 28.1. The molecule has 0 aliphatic heterocycles. The summed E-state index contributed by atoms with van der Waals surface area (Å²) in [4.78, 5) is 65.3. The van der Waals surface area contributed by atoms with Crippen LogP contribution in [-0.2, 0) is 71.7 Å². The topological polar surface area (TPSA) is 398 Å². The number of nitrogens with zero attached hydrogens (tertiary/aromatic N) is 15. The molecule has 12 aromatic carbocycles. The average Bonchev–Trinajstić information content (AvgIpc) is 0.820. The van der Waals surface area contributed by atoms with Gasteiger partial charge in [-0.25, -0.2) is 0 Å². The van der Waals surface area contributed by atoms with E-state index >= 15 is 0 Å². The van der Waals surface area contributed by atoms with Gasteiger partial charge >= 0.3 is 18.0 Å². The van der Waals surface area contributed by atoms with Crippen LogP contribution in [-0.4, -0.2) is 171 Å². The fourth-order valence-corrected chi connectivity index (χ4v) is 12.4. The van der Waals surface area contributed by atoms with Crippen LogP contribution in [0.2, 0.25) is 0 Å². The van der Waals surface area contributed by atoms with Crippen LogP contribution in [0.4, 0.5) is 0 Å². The summed E-state index contributed by atoms with van der Waals surface area (Å²) in [6.45, 7) is 4.36. The minimum Gasteiger partial charge on any atom is -0.507 e. The molecule has 0 unspecified atom stereocenters. The zero-order valence-corrected chi connectivity index (χ0v) is 74.5. The average molecular weight is 1870 g/mol. The Hall–Kier alpha value is -15.9. The van der Waals surface area contributed by atoms with E-state index in [4.69, 9.17) is 14.2 Å². The van der Waals surface area contributed by atoms with Crippen molar-refractivity contribution >= 4 is 88.6 Å². The minimum atomic E-state index is -0.0642. The SMILES string of the molecule is Oc1ccc(CN=Cc2ccc(Oc3nc(Oc4ccc(C=NCc5ccc(O)c6ncccc56)cc4)nc(Oc4ccc(C=NCc5ccc(O)c6ncccc56)cc4)n3)cc2)c2cccnc12.Oc1ccccc1C=NCCN=Cc1ccccc1O.Oc1ccccc1C=NCCN=Cc1ccccc1O.Oc1ccccc1C=NCCN=Cc1ccccc1O.[Cr].[Cr].[Cr]. The monoisotopic (exact) mass is 1870 g/mol. The number of aromatic hydroxyl groups is 9. The molecule has 16 rings (SSSR count). The Morgan fingerprint density at radius 2 is 0.424 bits per heavy atom. The van der Waals surface area contributed by atoms with E-state index in [2.05, 4.69) is 74.8 Å². The van der Waals surface area contributed by atoms with Gasteiger partial charge < -0.3 is 60.2 Å². The molecule has 0 saturated carbocycles. The van der Waals surface area contributed by atoms with Crippen LogP contribution in [0.3, 0.4) is 0 Å². The van der Waals surface area contributed by atoms with Crippen LogP contribution in [0.15, 0.2) is 355 Å². The van der Waals surface area contributed by atoms with Gasteiger partial charge in [0.1, 0.15) is 85.5 Å². The van der Waals surface area contributed by atoms with Crippen LogP contribution in [0.1, 0.15) is 66.8 Å². The number of fused-ring (bicyclic) bond motifs is 3. The molecule has 132 heavy (non-hydrogen) atoms. The number of benzene rings is 12. The molecule has 0 saturated heterocycles. The number of pyridine rings is 3. The van der Waals surface area contributed by atoms with Crippen LogP contribution in [0, 0.1) is 0 Å². The Bertz CT molecular complexity index is 5940. The van der Waals surface area contributed by atoms with Gasteiger partial charge in [-0.05, 0) is 215 Å². The Kier molecular flexibility index (Phi) is 38.6. The van der Waals surface area contributed by atoms with Gasteiger partial charge in [0.25, 0.3) is 0 Å². The molecule has 0 bridgehead atoms. The summed E-state index contributed by atoms with van der Waals surface area (Å²) >= 11 is 0. The maximum Gasteiger partial charge on any atom is 0.331 e. The van der Waals surface area contributed by atoms with Crippen molar-refractivity contribution in [2.45, 2.75) is 19.6 Å². The molecule has 0 fully saturated rings. The molecule has 0 spiro atoms. The molecule has 0 aliphatic rings. The zero-order valence-electron chi connectivity index (χ0n) is 70.7. The molecule has 4 aromatic heterocycles. The fourth-order valence-electron chi connectivity index (χ4n) is 12.4. The van der Waals surface area contributed by atoms with Gasteiger partial charge in [0.2, 0.25) is 0 Å². The van der Waals surface area contributed by atoms with E-state index in [1.165, 1.54) is 0 Å². The maximum atomic E-state index is 10.2. The third-order valence-electron chi connectivity index (χ3n) is 18.9. The minimum absolute atomic E-state index is 0. The van der Waals surface area contributed by atoms with Crippen LogP contribution in [0.5, 0.6) is 87.0 Å². The molecule has 30 heteroatoms. The third kappa shape index (κ3) is 29.9. The van der Waals surface area contributed by atoms with E-state index < -0.39 is 0 Å². The molecule has 0 aliphatic carbocycles. The third-order valence-corrected chi connectivity index (χ3v) is 18.9. The summed E-state index contributed by atoms with van der Waals surface area (Å²) in [6.07, 6.45) is 20.0. The van der Waals surface area contributed by atoms with Crippen molar-refractivity contribution in [2.24, 2.45) is 44.9 Å². The quantitative estimate of drug-likeness (QED) is 0.0149. The van der Waals surface area contributed by atoms with Gasteiger partial charge in [0, 0.05) is 176 Å². The molecule has 16 aromatic rings. The van der Waals surface area contributed by atoms with Gasteiger partial charge in [0.15, 0.2) is 0 Å². The van der Waals surface area contributed by atoms with Gasteiger partial charge in [-0.15, -0.1) is 15.0 Å². The first-order chi connectivity index (χ1) is 63.2. The summed E-state index contributed by atoms with van der Waals surface area (Å²) in [5.41, 5.74) is 11.1. The predicted octanol–water partition coefficient (Wildman–Crippen LogP) is 18.8. The molecule has 9 N–H and O–H groups in total. The van der Waals surface area contributed by atoms with Gasteiger partial charge in [-0.1, -0.05) is 109 Å². The van der Waals surface area contributed by atoms with E-state index in [1.54, 1.807) is 238 Å². The molecule has 27 nitrogen and oxygen atoms in total. The summed E-state index contributed by atoms with van der Waals surface area (Å²) in [7, 11) is 0. The number of phenolic OH excluding ortho intramolecular Hbond substituents is 9. The van der Waals surface area contributed by atoms with Crippen molar-refractivity contribution in [3.8, 4) is 87.0 Å². The summed E-state index contributed by atoms with van der Waals surface area (Å²) in [5.74, 6) is 3.03. The smallest absolute Gasteiger partial charge is 0.331 e. The van der Waals surface area contributed by atoms with E-state index in [0.29, 0.717) is 126 Å². The van der Waals surface area contributed by atoms with E-state index in [-0.39, 0.29) is 122 Å². The summed E-state index contributed by atoms with van der Waals surface area (Å²) < 4.78 is 18.4. The number of aliphatic imine (C=N–C) groups is 9. The summed E-state index contributed by atoms with van der Waals surface area (Å²) in [5, 5.41) is 90.4. The first-order valence-corrected chi connectivity index (χ1v) is 40.6. The van der Waals surface area contributed by atoms with Crippen molar-refractivity contribution in [3.63, 3.8) is 0 Å². The van der Waals surface area contributed by atoms with Crippen molar-refractivity contribution in [3.05, 3.63) is 377 Å². The Morgan fingerprint density at radius 3 is 0.636 bits per heavy atom. The number of aromatic nitrogens is 6. The molecule has 0 amide bonds. The number of hydrogen-bond donors (Lipinski definition) is 9. The largest absolute Gasteiger partial charge is 0.507 e. The number of para-hydroxylation sites is 6. The maximum absolute atomic E-state index is 10.2. The van der Waals surface area contributed by atoms with E-state index in [9.17, 15) is 46.0 Å². The fraction of sp³-hybridized carbons (Fsp3) is 0.0882. The van der Waals surface area contributed by atoms with E-state index in [0.717, 1.165) is 49.5 Å². The van der Waals surface area contributed by atoms with E-state index in [1.807, 2.05) is 127 Å².